The number of hydrogen-bond donors (Lipinski definition) is 0. The molecule has 2 amide bonds. The summed E-state index contributed by atoms with van der Waals surface area (Å²) < 4.78 is 5.70. The minimum absolute atomic E-state index is 0.0933. The minimum Gasteiger partial charge on any atom is -0.372 e. The van der Waals surface area contributed by atoms with Gasteiger partial charge in [0.05, 0.1) is 23.6 Å². The molecule has 3 heterocycles. The Morgan fingerprint density at radius 3 is 2.56 bits per heavy atom. The average molecular weight is 365 g/mol. The first-order valence-corrected chi connectivity index (χ1v) is 9.89. The van der Waals surface area contributed by atoms with Crippen molar-refractivity contribution in [3.8, 4) is 0 Å². The first-order chi connectivity index (χ1) is 12.0. The third kappa shape index (κ3) is 4.80. The van der Waals surface area contributed by atoms with Crippen molar-refractivity contribution in [2.24, 2.45) is 0 Å². The predicted molar refractivity (Wildman–Crippen MR) is 97.9 cm³/mol. The molecule has 3 rings (SSSR count). The second-order valence-corrected chi connectivity index (χ2v) is 7.90. The number of thiophene rings is 1. The molecule has 138 valence electrons. The van der Waals surface area contributed by atoms with Gasteiger partial charge in [0.2, 0.25) is 5.91 Å². The van der Waals surface area contributed by atoms with E-state index in [4.69, 9.17) is 4.74 Å². The van der Waals surface area contributed by atoms with Gasteiger partial charge in [-0.15, -0.1) is 11.3 Å². The van der Waals surface area contributed by atoms with Crippen LogP contribution in [0.3, 0.4) is 0 Å². The highest BCUT2D eigenvalue weighted by Crippen LogP contribution is 2.15. The van der Waals surface area contributed by atoms with Crippen molar-refractivity contribution in [2.45, 2.75) is 32.5 Å². The van der Waals surface area contributed by atoms with E-state index < -0.39 is 0 Å². The molecule has 0 radical (unpaired) electrons. The molecular weight excluding hydrogens is 338 g/mol. The lowest BCUT2D eigenvalue weighted by Crippen LogP contribution is -2.51. The largest absolute Gasteiger partial charge is 0.372 e. The summed E-state index contributed by atoms with van der Waals surface area (Å²) in [6.07, 6.45) is 1.09. The van der Waals surface area contributed by atoms with Crippen LogP contribution in [0.25, 0.3) is 0 Å². The lowest BCUT2D eigenvalue weighted by atomic mass is 10.2. The summed E-state index contributed by atoms with van der Waals surface area (Å²) in [5, 5.41) is 1.93. The SMILES string of the molecule is CC1CN(C(=O)CN2CCCN(C(=O)c3cccs3)CC2)CC(C)O1. The molecule has 25 heavy (non-hydrogen) atoms. The van der Waals surface area contributed by atoms with Gasteiger partial charge in [0.25, 0.3) is 5.91 Å². The number of nitrogens with zero attached hydrogens (tertiary/aromatic N) is 3. The summed E-state index contributed by atoms with van der Waals surface area (Å²) in [5.74, 6) is 0.277. The molecule has 0 aromatic carbocycles. The zero-order valence-corrected chi connectivity index (χ0v) is 15.8. The van der Waals surface area contributed by atoms with Gasteiger partial charge in [-0.1, -0.05) is 6.07 Å². The van der Waals surface area contributed by atoms with E-state index in [-0.39, 0.29) is 24.0 Å². The van der Waals surface area contributed by atoms with Gasteiger partial charge in [0.15, 0.2) is 0 Å². The lowest BCUT2D eigenvalue weighted by Gasteiger charge is -2.36. The van der Waals surface area contributed by atoms with E-state index in [2.05, 4.69) is 4.90 Å². The molecule has 2 fully saturated rings. The average Bonchev–Trinajstić information content (AvgIpc) is 3.01. The summed E-state index contributed by atoms with van der Waals surface area (Å²) >= 11 is 1.48. The molecule has 6 nitrogen and oxygen atoms in total. The van der Waals surface area contributed by atoms with Crippen LogP contribution in [0.2, 0.25) is 0 Å². The molecule has 2 atom stereocenters. The highest BCUT2D eigenvalue weighted by Gasteiger charge is 2.28. The summed E-state index contributed by atoms with van der Waals surface area (Å²) in [6, 6.07) is 3.78. The second-order valence-electron chi connectivity index (χ2n) is 6.96. The summed E-state index contributed by atoms with van der Waals surface area (Å²) in [5.41, 5.74) is 0. The molecule has 0 saturated carbocycles. The van der Waals surface area contributed by atoms with Crippen LogP contribution in [0, 0.1) is 0 Å². The Morgan fingerprint density at radius 2 is 1.88 bits per heavy atom. The Kier molecular flexibility index (Phi) is 6.09. The molecule has 0 bridgehead atoms. The summed E-state index contributed by atoms with van der Waals surface area (Å²) in [4.78, 5) is 31.9. The summed E-state index contributed by atoms with van der Waals surface area (Å²) in [7, 11) is 0. The van der Waals surface area contributed by atoms with Crippen LogP contribution < -0.4 is 0 Å². The fourth-order valence-electron chi connectivity index (χ4n) is 3.56. The van der Waals surface area contributed by atoms with Crippen molar-refractivity contribution in [3.63, 3.8) is 0 Å². The van der Waals surface area contributed by atoms with Crippen molar-refractivity contribution >= 4 is 23.2 Å². The van der Waals surface area contributed by atoms with E-state index in [1.807, 2.05) is 41.2 Å². The fraction of sp³-hybridized carbons (Fsp3) is 0.667. The number of hydrogen-bond acceptors (Lipinski definition) is 5. The minimum atomic E-state index is 0.0933. The second kappa shape index (κ2) is 8.29. The molecular formula is C18H27N3O3S. The van der Waals surface area contributed by atoms with E-state index in [1.165, 1.54) is 11.3 Å². The molecule has 7 heteroatoms. The maximum absolute atomic E-state index is 12.6. The van der Waals surface area contributed by atoms with Crippen molar-refractivity contribution in [1.82, 2.24) is 14.7 Å². The predicted octanol–water partition coefficient (Wildman–Crippen LogP) is 1.53. The third-order valence-corrected chi connectivity index (χ3v) is 5.60. The molecule has 2 aliphatic rings. The Morgan fingerprint density at radius 1 is 1.12 bits per heavy atom. The lowest BCUT2D eigenvalue weighted by molar-refractivity contribution is -0.144. The van der Waals surface area contributed by atoms with Crippen LogP contribution in [0.5, 0.6) is 0 Å². The van der Waals surface area contributed by atoms with Gasteiger partial charge in [-0.05, 0) is 31.7 Å². The van der Waals surface area contributed by atoms with Gasteiger partial charge in [0, 0.05) is 39.3 Å². The molecule has 0 spiro atoms. The Bertz CT molecular complexity index is 582. The molecule has 0 aliphatic carbocycles. The van der Waals surface area contributed by atoms with Gasteiger partial charge in [0.1, 0.15) is 0 Å². The van der Waals surface area contributed by atoms with Gasteiger partial charge in [-0.25, -0.2) is 0 Å². The maximum atomic E-state index is 12.6. The number of amides is 2. The molecule has 2 aliphatic heterocycles. The summed E-state index contributed by atoms with van der Waals surface area (Å²) in [6.45, 7) is 8.83. The smallest absolute Gasteiger partial charge is 0.263 e. The van der Waals surface area contributed by atoms with E-state index in [9.17, 15) is 9.59 Å². The Hall–Kier alpha value is -1.44. The van der Waals surface area contributed by atoms with Crippen molar-refractivity contribution in [2.75, 3.05) is 45.8 Å². The Labute approximate surface area is 153 Å². The van der Waals surface area contributed by atoms with Crippen molar-refractivity contribution in [1.29, 1.82) is 0 Å². The monoisotopic (exact) mass is 365 g/mol. The standard InChI is InChI=1S/C18H27N3O3S/c1-14-11-21(12-15(2)24-14)17(22)13-19-6-4-7-20(9-8-19)18(23)16-5-3-10-25-16/h3,5,10,14-15H,4,6-9,11-13H2,1-2H3. The number of ether oxygens (including phenoxy) is 1. The molecule has 2 saturated heterocycles. The van der Waals surface area contributed by atoms with Gasteiger partial charge < -0.3 is 14.5 Å². The van der Waals surface area contributed by atoms with E-state index in [0.717, 1.165) is 30.9 Å². The van der Waals surface area contributed by atoms with E-state index in [1.54, 1.807) is 0 Å². The van der Waals surface area contributed by atoms with Crippen LogP contribution in [-0.2, 0) is 9.53 Å². The number of carbonyl (C=O) groups is 2. The normalized spacial score (nSPS) is 25.7. The van der Waals surface area contributed by atoms with E-state index >= 15 is 0 Å². The third-order valence-electron chi connectivity index (χ3n) is 4.74. The Balaban J connectivity index is 1.51. The zero-order valence-electron chi connectivity index (χ0n) is 15.0. The topological polar surface area (TPSA) is 53.1 Å². The van der Waals surface area contributed by atoms with Gasteiger partial charge in [-0.2, -0.15) is 0 Å². The fourth-order valence-corrected chi connectivity index (χ4v) is 4.25. The van der Waals surface area contributed by atoms with E-state index in [0.29, 0.717) is 26.2 Å². The quantitative estimate of drug-likeness (QED) is 0.815. The van der Waals surface area contributed by atoms with Crippen LogP contribution in [0.15, 0.2) is 17.5 Å². The van der Waals surface area contributed by atoms with Crippen LogP contribution in [0.4, 0.5) is 0 Å². The maximum Gasteiger partial charge on any atom is 0.263 e. The van der Waals surface area contributed by atoms with Gasteiger partial charge >= 0.3 is 0 Å². The number of rotatable bonds is 3. The van der Waals surface area contributed by atoms with Crippen LogP contribution in [0.1, 0.15) is 29.9 Å². The van der Waals surface area contributed by atoms with Gasteiger partial charge in [-0.3, -0.25) is 14.5 Å². The van der Waals surface area contributed by atoms with Crippen LogP contribution in [-0.4, -0.2) is 84.5 Å². The van der Waals surface area contributed by atoms with Crippen molar-refractivity contribution < 1.29 is 14.3 Å². The number of morpholine rings is 1. The highest BCUT2D eigenvalue weighted by molar-refractivity contribution is 7.12. The van der Waals surface area contributed by atoms with Crippen molar-refractivity contribution in [3.05, 3.63) is 22.4 Å². The molecule has 2 unspecified atom stereocenters. The molecule has 1 aromatic heterocycles. The van der Waals surface area contributed by atoms with Crippen LogP contribution >= 0.6 is 11.3 Å². The molecule has 1 aromatic rings. The number of carbonyl (C=O) groups excluding carboxylic acids is 2. The first-order valence-electron chi connectivity index (χ1n) is 9.01. The highest BCUT2D eigenvalue weighted by atomic mass is 32.1. The first kappa shape index (κ1) is 18.4. The molecule has 0 N–H and O–H groups in total. The zero-order chi connectivity index (χ0) is 17.8.